The summed E-state index contributed by atoms with van der Waals surface area (Å²) in [6, 6.07) is 3.53. The number of carbonyl (C=O) groups excluding carboxylic acids is 1. The molecule has 1 aromatic rings. The maximum Gasteiger partial charge on any atom is 0.319 e. The van der Waals surface area contributed by atoms with E-state index in [-0.39, 0.29) is 6.03 Å². The molecule has 0 unspecified atom stereocenters. The summed E-state index contributed by atoms with van der Waals surface area (Å²) >= 11 is 0. The molecule has 0 saturated carbocycles. The van der Waals surface area contributed by atoms with Gasteiger partial charge >= 0.3 is 6.03 Å². The van der Waals surface area contributed by atoms with Crippen LogP contribution in [-0.2, 0) is 0 Å². The second-order valence-electron chi connectivity index (χ2n) is 3.51. The van der Waals surface area contributed by atoms with E-state index in [4.69, 9.17) is 5.73 Å². The summed E-state index contributed by atoms with van der Waals surface area (Å²) in [5, 5.41) is 5.41. The Morgan fingerprint density at radius 2 is 2.00 bits per heavy atom. The van der Waals surface area contributed by atoms with Crippen molar-refractivity contribution in [3.8, 4) is 0 Å². The van der Waals surface area contributed by atoms with Crippen LogP contribution >= 0.6 is 0 Å². The first-order chi connectivity index (χ1) is 7.04. The van der Waals surface area contributed by atoms with Gasteiger partial charge in [-0.05, 0) is 38.0 Å². The Bertz CT molecular complexity index is 374. The lowest BCUT2D eigenvalue weighted by Crippen LogP contribution is -2.28. The quantitative estimate of drug-likeness (QED) is 0.649. The predicted octanol–water partition coefficient (Wildman–Crippen LogP) is 2.03. The summed E-state index contributed by atoms with van der Waals surface area (Å²) in [7, 11) is 0. The molecule has 2 amide bonds. The van der Waals surface area contributed by atoms with Crippen molar-refractivity contribution in [2.24, 2.45) is 0 Å². The van der Waals surface area contributed by atoms with Gasteiger partial charge < -0.3 is 16.4 Å². The molecular formula is C11H17N3O. The van der Waals surface area contributed by atoms with Crippen molar-refractivity contribution in [1.82, 2.24) is 5.32 Å². The largest absolute Gasteiger partial charge is 0.398 e. The molecule has 4 nitrogen and oxygen atoms in total. The normalized spacial score (nSPS) is 9.80. The molecule has 15 heavy (non-hydrogen) atoms. The minimum Gasteiger partial charge on any atom is -0.398 e. The van der Waals surface area contributed by atoms with E-state index in [1.54, 1.807) is 6.07 Å². The highest BCUT2D eigenvalue weighted by Crippen LogP contribution is 2.21. The first kappa shape index (κ1) is 11.4. The van der Waals surface area contributed by atoms with Gasteiger partial charge in [-0.15, -0.1) is 0 Å². The smallest absolute Gasteiger partial charge is 0.319 e. The van der Waals surface area contributed by atoms with E-state index in [1.807, 2.05) is 26.8 Å². The van der Waals surface area contributed by atoms with E-state index in [1.165, 1.54) is 0 Å². The van der Waals surface area contributed by atoms with Gasteiger partial charge in [0.2, 0.25) is 0 Å². The van der Waals surface area contributed by atoms with Gasteiger partial charge in [-0.2, -0.15) is 0 Å². The maximum absolute atomic E-state index is 11.3. The third-order valence-corrected chi connectivity index (χ3v) is 2.20. The van der Waals surface area contributed by atoms with E-state index in [9.17, 15) is 4.79 Å². The van der Waals surface area contributed by atoms with E-state index >= 15 is 0 Å². The minimum absolute atomic E-state index is 0.205. The van der Waals surface area contributed by atoms with Crippen molar-refractivity contribution in [3.05, 3.63) is 23.3 Å². The average Bonchev–Trinajstić information content (AvgIpc) is 2.14. The van der Waals surface area contributed by atoms with Crippen molar-refractivity contribution in [2.45, 2.75) is 20.8 Å². The summed E-state index contributed by atoms with van der Waals surface area (Å²) < 4.78 is 0. The third kappa shape index (κ3) is 2.87. The summed E-state index contributed by atoms with van der Waals surface area (Å²) in [6.07, 6.45) is 0. The van der Waals surface area contributed by atoms with Gasteiger partial charge in [-0.3, -0.25) is 0 Å². The molecule has 4 heteroatoms. The summed E-state index contributed by atoms with van der Waals surface area (Å²) in [4.78, 5) is 11.3. The number of carbonyl (C=O) groups is 1. The van der Waals surface area contributed by atoms with Gasteiger partial charge in [0.05, 0.1) is 0 Å². The molecule has 82 valence electrons. The van der Waals surface area contributed by atoms with Crippen molar-refractivity contribution < 1.29 is 4.79 Å². The van der Waals surface area contributed by atoms with Crippen molar-refractivity contribution in [2.75, 3.05) is 17.6 Å². The van der Waals surface area contributed by atoms with Crippen LogP contribution in [0, 0.1) is 13.8 Å². The van der Waals surface area contributed by atoms with Crippen LogP contribution in [0.2, 0.25) is 0 Å². The van der Waals surface area contributed by atoms with Crippen LogP contribution in [0.4, 0.5) is 16.2 Å². The van der Waals surface area contributed by atoms with E-state index in [0.29, 0.717) is 12.2 Å². The number of urea groups is 1. The van der Waals surface area contributed by atoms with Crippen molar-refractivity contribution in [3.63, 3.8) is 0 Å². The fraction of sp³-hybridized carbons (Fsp3) is 0.364. The minimum atomic E-state index is -0.205. The Hall–Kier alpha value is -1.71. The summed E-state index contributed by atoms with van der Waals surface area (Å²) in [5.74, 6) is 0. The highest BCUT2D eigenvalue weighted by atomic mass is 16.2. The molecule has 0 heterocycles. The molecule has 0 aliphatic carbocycles. The fourth-order valence-corrected chi connectivity index (χ4v) is 1.33. The highest BCUT2D eigenvalue weighted by molar-refractivity contribution is 5.90. The van der Waals surface area contributed by atoms with E-state index in [0.717, 1.165) is 16.8 Å². The number of hydrogen-bond acceptors (Lipinski definition) is 2. The average molecular weight is 207 g/mol. The van der Waals surface area contributed by atoms with Gasteiger partial charge in [0.25, 0.3) is 0 Å². The van der Waals surface area contributed by atoms with Crippen LogP contribution in [0.5, 0.6) is 0 Å². The Morgan fingerprint density at radius 3 is 2.60 bits per heavy atom. The van der Waals surface area contributed by atoms with Gasteiger partial charge in [0.1, 0.15) is 0 Å². The second kappa shape index (κ2) is 4.68. The monoisotopic (exact) mass is 207 g/mol. The highest BCUT2D eigenvalue weighted by Gasteiger charge is 2.05. The molecule has 0 saturated heterocycles. The zero-order valence-electron chi connectivity index (χ0n) is 9.35. The Morgan fingerprint density at radius 1 is 1.33 bits per heavy atom. The zero-order valence-corrected chi connectivity index (χ0v) is 9.35. The molecule has 1 aromatic carbocycles. The number of nitrogens with two attached hydrogens (primary N) is 1. The number of aryl methyl sites for hydroxylation is 2. The molecule has 0 bridgehead atoms. The van der Waals surface area contributed by atoms with Gasteiger partial charge in [-0.1, -0.05) is 6.07 Å². The van der Waals surface area contributed by atoms with Crippen molar-refractivity contribution >= 4 is 17.4 Å². The van der Waals surface area contributed by atoms with E-state index < -0.39 is 0 Å². The first-order valence-corrected chi connectivity index (χ1v) is 4.96. The molecule has 0 aromatic heterocycles. The van der Waals surface area contributed by atoms with Crippen LogP contribution < -0.4 is 16.4 Å². The molecule has 0 atom stereocenters. The van der Waals surface area contributed by atoms with Gasteiger partial charge in [-0.25, -0.2) is 4.79 Å². The lowest BCUT2D eigenvalue weighted by atomic mass is 10.1. The first-order valence-electron chi connectivity index (χ1n) is 4.96. The predicted molar refractivity (Wildman–Crippen MR) is 63.0 cm³/mol. The fourth-order valence-electron chi connectivity index (χ4n) is 1.33. The van der Waals surface area contributed by atoms with E-state index in [2.05, 4.69) is 10.6 Å². The Labute approximate surface area is 89.9 Å². The topological polar surface area (TPSA) is 67.2 Å². The van der Waals surface area contributed by atoms with Crippen LogP contribution in [0.15, 0.2) is 12.1 Å². The van der Waals surface area contributed by atoms with Crippen LogP contribution in [0.3, 0.4) is 0 Å². The van der Waals surface area contributed by atoms with Crippen LogP contribution in [0.25, 0.3) is 0 Å². The lowest BCUT2D eigenvalue weighted by Gasteiger charge is -2.11. The van der Waals surface area contributed by atoms with Crippen LogP contribution in [-0.4, -0.2) is 12.6 Å². The second-order valence-corrected chi connectivity index (χ2v) is 3.51. The third-order valence-electron chi connectivity index (χ3n) is 2.20. The molecule has 0 fully saturated rings. The summed E-state index contributed by atoms with van der Waals surface area (Å²) in [5.41, 5.74) is 9.24. The SMILES string of the molecule is CCNC(=O)Nc1cc(N)c(C)cc1C. The number of nitrogen functional groups attached to an aromatic ring is 1. The van der Waals surface area contributed by atoms with Crippen LogP contribution in [0.1, 0.15) is 18.1 Å². The zero-order chi connectivity index (χ0) is 11.4. The number of anilines is 2. The van der Waals surface area contributed by atoms with Gasteiger partial charge in [0, 0.05) is 17.9 Å². The number of amides is 2. The number of rotatable bonds is 2. The van der Waals surface area contributed by atoms with Crippen molar-refractivity contribution in [1.29, 1.82) is 0 Å². The lowest BCUT2D eigenvalue weighted by molar-refractivity contribution is 0.252. The molecule has 0 radical (unpaired) electrons. The molecule has 0 spiro atoms. The number of benzene rings is 1. The number of nitrogens with one attached hydrogen (secondary N) is 2. The standard InChI is InChI=1S/C11H17N3O/c1-4-13-11(15)14-10-6-9(12)7(2)5-8(10)3/h5-6H,4,12H2,1-3H3,(H2,13,14,15). The molecule has 0 aliphatic heterocycles. The Balaban J connectivity index is 2.86. The van der Waals surface area contributed by atoms with Gasteiger partial charge in [0.15, 0.2) is 0 Å². The molecule has 1 rings (SSSR count). The molecule has 4 N–H and O–H groups in total. The Kier molecular flexibility index (Phi) is 3.55. The summed E-state index contributed by atoms with van der Waals surface area (Å²) in [6.45, 7) is 6.36. The number of hydrogen-bond donors (Lipinski definition) is 3. The molecular weight excluding hydrogens is 190 g/mol. The maximum atomic E-state index is 11.3. The molecule has 0 aliphatic rings.